The number of halogens is 1. The minimum absolute atomic E-state index is 0.00428. The van der Waals surface area contributed by atoms with Gasteiger partial charge in [0.25, 0.3) is 0 Å². The molecule has 1 unspecified atom stereocenters. The second-order valence-electron chi connectivity index (χ2n) is 5.15. The van der Waals surface area contributed by atoms with Crippen LogP contribution in [0.5, 0.6) is 0 Å². The first kappa shape index (κ1) is 14.3. The molecule has 1 amide bonds. The van der Waals surface area contributed by atoms with Gasteiger partial charge in [-0.2, -0.15) is 0 Å². The Bertz CT molecular complexity index is 487. The van der Waals surface area contributed by atoms with Gasteiger partial charge in [0.05, 0.1) is 6.54 Å². The van der Waals surface area contributed by atoms with Gasteiger partial charge in [-0.3, -0.25) is 9.59 Å². The van der Waals surface area contributed by atoms with Gasteiger partial charge in [0.1, 0.15) is 0 Å². The maximum absolute atomic E-state index is 12.2. The van der Waals surface area contributed by atoms with Gasteiger partial charge in [0.15, 0.2) is 5.78 Å². The van der Waals surface area contributed by atoms with Crippen molar-refractivity contribution in [3.63, 3.8) is 0 Å². The van der Waals surface area contributed by atoms with Crippen molar-refractivity contribution in [3.05, 3.63) is 34.3 Å². The van der Waals surface area contributed by atoms with E-state index >= 15 is 0 Å². The Kier molecular flexibility index (Phi) is 4.75. The molecule has 1 saturated heterocycles. The predicted octanol–water partition coefficient (Wildman–Crippen LogP) is 3.28. The van der Waals surface area contributed by atoms with Gasteiger partial charge >= 0.3 is 0 Å². The van der Waals surface area contributed by atoms with E-state index < -0.39 is 0 Å². The molecule has 0 aliphatic carbocycles. The van der Waals surface area contributed by atoms with Crippen LogP contribution in [0.3, 0.4) is 0 Å². The number of carbonyl (C=O) groups is 2. The van der Waals surface area contributed by atoms with Crippen LogP contribution in [-0.4, -0.2) is 29.7 Å². The molecule has 1 aromatic carbocycles. The molecule has 1 aliphatic heterocycles. The van der Waals surface area contributed by atoms with Crippen LogP contribution in [0.2, 0.25) is 0 Å². The van der Waals surface area contributed by atoms with Crippen molar-refractivity contribution in [1.82, 2.24) is 4.90 Å². The van der Waals surface area contributed by atoms with E-state index in [4.69, 9.17) is 0 Å². The number of hydrogen-bond donors (Lipinski definition) is 0. The lowest BCUT2D eigenvalue weighted by Crippen LogP contribution is -2.35. The fourth-order valence-electron chi connectivity index (χ4n) is 2.29. The van der Waals surface area contributed by atoms with Gasteiger partial charge in [0, 0.05) is 23.0 Å². The fourth-order valence-corrected chi connectivity index (χ4v) is 2.79. The number of benzene rings is 1. The molecule has 0 spiro atoms. The average Bonchev–Trinajstić information content (AvgIpc) is 2.54. The van der Waals surface area contributed by atoms with E-state index in [-0.39, 0.29) is 18.2 Å². The monoisotopic (exact) mass is 323 g/mol. The molecule has 102 valence electrons. The lowest BCUT2D eigenvalue weighted by molar-refractivity contribution is -0.130. The molecule has 0 saturated carbocycles. The summed E-state index contributed by atoms with van der Waals surface area (Å²) in [4.78, 5) is 25.9. The number of ketones is 1. The number of Topliss-reactive ketones (excluding diaryl/α,β-unsaturated/α-hetero) is 1. The smallest absolute Gasteiger partial charge is 0.222 e. The Hall–Kier alpha value is -1.16. The zero-order valence-corrected chi connectivity index (χ0v) is 12.6. The van der Waals surface area contributed by atoms with Crippen molar-refractivity contribution in [2.24, 2.45) is 5.92 Å². The second-order valence-corrected chi connectivity index (χ2v) is 6.01. The Morgan fingerprint density at radius 1 is 1.37 bits per heavy atom. The summed E-state index contributed by atoms with van der Waals surface area (Å²) >= 11 is 3.38. The van der Waals surface area contributed by atoms with E-state index in [9.17, 15) is 9.59 Å². The Balaban J connectivity index is 2.06. The number of likely N-dealkylation sites (tertiary alicyclic amines) is 1. The molecule has 0 bridgehead atoms. The summed E-state index contributed by atoms with van der Waals surface area (Å²) < 4.78 is 0.788. The normalized spacial score (nSPS) is 20.2. The van der Waals surface area contributed by atoms with E-state index in [1.54, 1.807) is 11.0 Å². The number of rotatable bonds is 3. The molecule has 1 fully saturated rings. The largest absolute Gasteiger partial charge is 0.335 e. The summed E-state index contributed by atoms with van der Waals surface area (Å²) in [5.41, 5.74) is 0.646. The highest BCUT2D eigenvalue weighted by atomic mass is 79.9. The molecular weight excluding hydrogens is 306 g/mol. The fraction of sp³-hybridized carbons (Fsp3) is 0.467. The molecule has 0 aromatic heterocycles. The quantitative estimate of drug-likeness (QED) is 0.800. The van der Waals surface area contributed by atoms with Crippen LogP contribution in [-0.2, 0) is 4.79 Å². The first-order valence-corrected chi connectivity index (χ1v) is 7.42. The predicted molar refractivity (Wildman–Crippen MR) is 78.1 cm³/mol. The summed E-state index contributed by atoms with van der Waals surface area (Å²) in [5.74, 6) is 0.660. The van der Waals surface area contributed by atoms with E-state index in [1.807, 2.05) is 18.2 Å². The van der Waals surface area contributed by atoms with Gasteiger partial charge in [-0.1, -0.05) is 41.1 Å². The van der Waals surface area contributed by atoms with E-state index in [0.29, 0.717) is 24.4 Å². The Morgan fingerprint density at radius 2 is 2.11 bits per heavy atom. The minimum atomic E-state index is -0.00428. The van der Waals surface area contributed by atoms with Gasteiger partial charge in [-0.15, -0.1) is 0 Å². The summed E-state index contributed by atoms with van der Waals surface area (Å²) in [6.45, 7) is 3.04. The van der Waals surface area contributed by atoms with Crippen molar-refractivity contribution >= 4 is 27.6 Å². The molecule has 1 aliphatic rings. The number of amides is 1. The van der Waals surface area contributed by atoms with E-state index in [1.165, 1.54) is 0 Å². The molecular formula is C15H18BrNO2. The highest BCUT2D eigenvalue weighted by molar-refractivity contribution is 9.10. The zero-order chi connectivity index (χ0) is 13.8. The molecule has 3 nitrogen and oxygen atoms in total. The highest BCUT2D eigenvalue weighted by Crippen LogP contribution is 2.20. The Morgan fingerprint density at radius 3 is 2.84 bits per heavy atom. The molecule has 4 heteroatoms. The minimum Gasteiger partial charge on any atom is -0.335 e. The number of carbonyl (C=O) groups excluding carboxylic acids is 2. The topological polar surface area (TPSA) is 37.4 Å². The van der Waals surface area contributed by atoms with Crippen LogP contribution in [0.1, 0.15) is 36.5 Å². The maximum atomic E-state index is 12.2. The zero-order valence-electron chi connectivity index (χ0n) is 11.1. The standard InChI is InChI=1S/C15H18BrNO2/c1-11-6-7-15(19)17(9-8-11)10-14(18)12-4-2-3-5-13(12)16/h2-5,11H,6-10H2,1H3. The number of nitrogens with zero attached hydrogens (tertiary/aromatic N) is 1. The average molecular weight is 324 g/mol. The van der Waals surface area contributed by atoms with Crippen LogP contribution in [0.25, 0.3) is 0 Å². The van der Waals surface area contributed by atoms with E-state index in [0.717, 1.165) is 17.3 Å². The van der Waals surface area contributed by atoms with Gasteiger partial charge in [-0.05, 0) is 24.8 Å². The van der Waals surface area contributed by atoms with Crippen molar-refractivity contribution in [2.45, 2.75) is 26.2 Å². The molecule has 0 N–H and O–H groups in total. The van der Waals surface area contributed by atoms with Crippen LogP contribution in [0.15, 0.2) is 28.7 Å². The first-order valence-electron chi connectivity index (χ1n) is 6.63. The number of hydrogen-bond acceptors (Lipinski definition) is 2. The lowest BCUT2D eigenvalue weighted by atomic mass is 10.0. The van der Waals surface area contributed by atoms with Gasteiger partial charge in [-0.25, -0.2) is 0 Å². The molecule has 1 aromatic rings. The van der Waals surface area contributed by atoms with E-state index in [2.05, 4.69) is 22.9 Å². The second kappa shape index (κ2) is 6.33. The third-order valence-corrected chi connectivity index (χ3v) is 4.30. The van der Waals surface area contributed by atoms with Crippen molar-refractivity contribution in [2.75, 3.05) is 13.1 Å². The van der Waals surface area contributed by atoms with Crippen LogP contribution >= 0.6 is 15.9 Å². The molecule has 0 radical (unpaired) electrons. The summed E-state index contributed by atoms with van der Waals surface area (Å²) in [5, 5.41) is 0. The van der Waals surface area contributed by atoms with Crippen molar-refractivity contribution in [3.8, 4) is 0 Å². The highest BCUT2D eigenvalue weighted by Gasteiger charge is 2.23. The molecule has 1 atom stereocenters. The van der Waals surface area contributed by atoms with Crippen molar-refractivity contribution in [1.29, 1.82) is 0 Å². The SMILES string of the molecule is CC1CCC(=O)N(CC(=O)c2ccccc2Br)CC1. The molecule has 2 rings (SSSR count). The third-order valence-electron chi connectivity index (χ3n) is 3.60. The van der Waals surface area contributed by atoms with Gasteiger partial charge in [0.2, 0.25) is 5.91 Å². The van der Waals surface area contributed by atoms with Crippen molar-refractivity contribution < 1.29 is 9.59 Å². The van der Waals surface area contributed by atoms with Crippen LogP contribution in [0, 0.1) is 5.92 Å². The molecule has 19 heavy (non-hydrogen) atoms. The van der Waals surface area contributed by atoms with Gasteiger partial charge < -0.3 is 4.90 Å². The lowest BCUT2D eigenvalue weighted by Gasteiger charge is -2.20. The molecule has 1 heterocycles. The van der Waals surface area contributed by atoms with Crippen LogP contribution in [0.4, 0.5) is 0 Å². The third kappa shape index (κ3) is 3.66. The Labute approximate surface area is 122 Å². The maximum Gasteiger partial charge on any atom is 0.222 e. The van der Waals surface area contributed by atoms with Crippen LogP contribution < -0.4 is 0 Å². The first-order chi connectivity index (χ1) is 9.08. The summed E-state index contributed by atoms with van der Waals surface area (Å²) in [6, 6.07) is 7.35. The summed E-state index contributed by atoms with van der Waals surface area (Å²) in [7, 11) is 0. The summed E-state index contributed by atoms with van der Waals surface area (Å²) in [6.07, 6.45) is 2.47.